The van der Waals surface area contributed by atoms with Gasteiger partial charge in [0.1, 0.15) is 0 Å². The predicted octanol–water partition coefficient (Wildman–Crippen LogP) is 3.13. The predicted molar refractivity (Wildman–Crippen MR) is 118 cm³/mol. The van der Waals surface area contributed by atoms with Crippen molar-refractivity contribution < 1.29 is 18.3 Å². The fourth-order valence-electron chi connectivity index (χ4n) is 5.66. The maximum absolute atomic E-state index is 13.5. The molecule has 3 aliphatic rings. The van der Waals surface area contributed by atoms with Gasteiger partial charge in [0.2, 0.25) is 5.91 Å². The molecule has 0 aromatic heterocycles. The molecule has 5 rings (SSSR count). The number of nitrogens with zero attached hydrogens (tertiary/aromatic N) is 2. The standard InChI is InChI=1S/C24H28N2O4S/c27-16-22-23-19-13-7-8-14-20(19)25(31(29,30)18-11-5-2-6-12-18)15-21(23)26(22)24(28)17-9-3-1-4-10-17/h2,5-8,11-14,17,21-23,27H,1,3-4,9-10,15-16H2/t21-,22-,23+/m0/s1. The largest absolute Gasteiger partial charge is 0.394 e. The molecule has 2 aromatic carbocycles. The van der Waals surface area contributed by atoms with Crippen LogP contribution in [0.3, 0.4) is 0 Å². The van der Waals surface area contributed by atoms with Crippen LogP contribution >= 0.6 is 0 Å². The van der Waals surface area contributed by atoms with E-state index >= 15 is 0 Å². The van der Waals surface area contributed by atoms with E-state index in [0.717, 1.165) is 37.7 Å². The van der Waals surface area contributed by atoms with E-state index in [1.165, 1.54) is 4.31 Å². The SMILES string of the molecule is O=C(C1CCCCC1)N1[C@@H](CO)[C@@H]2c3ccccc3N(S(=O)(=O)c3ccccc3)C[C@@H]21. The van der Waals surface area contributed by atoms with E-state index < -0.39 is 10.0 Å². The third kappa shape index (κ3) is 3.26. The van der Waals surface area contributed by atoms with Gasteiger partial charge in [0, 0.05) is 11.8 Å². The van der Waals surface area contributed by atoms with Gasteiger partial charge in [0.25, 0.3) is 10.0 Å². The summed E-state index contributed by atoms with van der Waals surface area (Å²) in [5.74, 6) is 0.0208. The number of aliphatic hydroxyl groups excluding tert-OH is 1. The number of sulfonamides is 1. The van der Waals surface area contributed by atoms with Crippen molar-refractivity contribution in [2.45, 2.75) is 55.0 Å². The number of likely N-dealkylation sites (tertiary alicyclic amines) is 1. The van der Waals surface area contributed by atoms with E-state index in [-0.39, 0.29) is 47.9 Å². The van der Waals surface area contributed by atoms with Crippen LogP contribution in [-0.2, 0) is 14.8 Å². The smallest absolute Gasteiger partial charge is 0.264 e. The summed E-state index contributed by atoms with van der Waals surface area (Å²) in [6.45, 7) is 0.104. The normalized spacial score (nSPS) is 26.0. The van der Waals surface area contributed by atoms with Crippen molar-refractivity contribution >= 4 is 21.6 Å². The quantitative estimate of drug-likeness (QED) is 0.792. The summed E-state index contributed by atoms with van der Waals surface area (Å²) in [4.78, 5) is 15.4. The second kappa shape index (κ2) is 7.95. The zero-order valence-corrected chi connectivity index (χ0v) is 18.2. The van der Waals surface area contributed by atoms with Crippen LogP contribution in [0.1, 0.15) is 43.6 Å². The summed E-state index contributed by atoms with van der Waals surface area (Å²) in [6, 6.07) is 15.4. The van der Waals surface area contributed by atoms with Crippen molar-refractivity contribution in [2.24, 2.45) is 5.92 Å². The summed E-state index contributed by atoms with van der Waals surface area (Å²) in [5.41, 5.74) is 1.54. The average Bonchev–Trinajstić information content (AvgIpc) is 2.80. The number of amides is 1. The minimum Gasteiger partial charge on any atom is -0.394 e. The number of carbonyl (C=O) groups is 1. The molecule has 2 aromatic rings. The van der Waals surface area contributed by atoms with E-state index in [1.54, 1.807) is 35.2 Å². The molecule has 1 amide bonds. The zero-order chi connectivity index (χ0) is 21.6. The van der Waals surface area contributed by atoms with E-state index in [1.807, 2.05) is 24.3 Å². The van der Waals surface area contributed by atoms with Gasteiger partial charge in [0.05, 0.1) is 35.8 Å². The molecule has 1 saturated carbocycles. The number of carbonyl (C=O) groups excluding carboxylic acids is 1. The summed E-state index contributed by atoms with van der Waals surface area (Å²) >= 11 is 0. The lowest BCUT2D eigenvalue weighted by Gasteiger charge is -2.59. The average molecular weight is 441 g/mol. The minimum absolute atomic E-state index is 0.0138. The molecular weight excluding hydrogens is 412 g/mol. The van der Waals surface area contributed by atoms with Crippen molar-refractivity contribution in [3.05, 3.63) is 60.2 Å². The van der Waals surface area contributed by atoms with Crippen LogP contribution in [0.15, 0.2) is 59.5 Å². The van der Waals surface area contributed by atoms with Crippen molar-refractivity contribution in [3.8, 4) is 0 Å². The molecule has 3 atom stereocenters. The third-order valence-electron chi connectivity index (χ3n) is 7.19. The van der Waals surface area contributed by atoms with Gasteiger partial charge >= 0.3 is 0 Å². The number of hydrogen-bond acceptors (Lipinski definition) is 4. The molecule has 2 aliphatic heterocycles. The van der Waals surface area contributed by atoms with Gasteiger partial charge in [-0.1, -0.05) is 55.7 Å². The molecule has 1 saturated heterocycles. The van der Waals surface area contributed by atoms with Crippen LogP contribution in [0.4, 0.5) is 5.69 Å². The molecule has 1 aliphatic carbocycles. The Kier molecular flexibility index (Phi) is 5.26. The summed E-state index contributed by atoms with van der Waals surface area (Å²) < 4.78 is 28.5. The lowest BCUT2D eigenvalue weighted by Crippen LogP contribution is -2.71. The van der Waals surface area contributed by atoms with Gasteiger partial charge in [-0.3, -0.25) is 9.10 Å². The van der Waals surface area contributed by atoms with Gasteiger partial charge in [-0.25, -0.2) is 8.42 Å². The van der Waals surface area contributed by atoms with Gasteiger partial charge in [-0.05, 0) is 36.6 Å². The van der Waals surface area contributed by atoms with E-state index in [0.29, 0.717) is 5.69 Å². The van der Waals surface area contributed by atoms with E-state index in [9.17, 15) is 18.3 Å². The minimum atomic E-state index is -3.76. The van der Waals surface area contributed by atoms with Gasteiger partial charge in [-0.2, -0.15) is 0 Å². The van der Waals surface area contributed by atoms with E-state index in [2.05, 4.69) is 0 Å². The Labute approximate surface area is 183 Å². The Morgan fingerprint density at radius 1 is 0.968 bits per heavy atom. The van der Waals surface area contributed by atoms with Crippen molar-refractivity contribution in [2.75, 3.05) is 17.5 Å². The highest BCUT2D eigenvalue weighted by molar-refractivity contribution is 7.92. The highest BCUT2D eigenvalue weighted by Gasteiger charge is 2.56. The molecule has 0 unspecified atom stereocenters. The fraction of sp³-hybridized carbons (Fsp3) is 0.458. The highest BCUT2D eigenvalue weighted by Crippen LogP contribution is 2.50. The molecule has 7 heteroatoms. The van der Waals surface area contributed by atoms with Crippen molar-refractivity contribution in [3.63, 3.8) is 0 Å². The molecule has 2 heterocycles. The topological polar surface area (TPSA) is 77.9 Å². The molecule has 2 fully saturated rings. The summed E-state index contributed by atoms with van der Waals surface area (Å²) in [6.07, 6.45) is 5.04. The number of benzene rings is 2. The molecular formula is C24H28N2O4S. The van der Waals surface area contributed by atoms with Crippen LogP contribution < -0.4 is 4.31 Å². The van der Waals surface area contributed by atoms with Gasteiger partial charge in [-0.15, -0.1) is 0 Å². The first kappa shape index (κ1) is 20.5. The maximum Gasteiger partial charge on any atom is 0.264 e. The molecule has 6 nitrogen and oxygen atoms in total. The highest BCUT2D eigenvalue weighted by atomic mass is 32.2. The third-order valence-corrected chi connectivity index (χ3v) is 8.98. The van der Waals surface area contributed by atoms with Gasteiger partial charge < -0.3 is 10.0 Å². The monoisotopic (exact) mass is 440 g/mol. The Morgan fingerprint density at radius 3 is 2.35 bits per heavy atom. The van der Waals surface area contributed by atoms with Crippen LogP contribution in [0.25, 0.3) is 0 Å². The first-order chi connectivity index (χ1) is 15.0. The van der Waals surface area contributed by atoms with Crippen LogP contribution in [-0.4, -0.2) is 49.6 Å². The summed E-state index contributed by atoms with van der Waals surface area (Å²) in [5, 5.41) is 10.1. The number of hydrogen-bond donors (Lipinski definition) is 1. The summed E-state index contributed by atoms with van der Waals surface area (Å²) in [7, 11) is -3.76. The lowest BCUT2D eigenvalue weighted by atomic mass is 9.71. The lowest BCUT2D eigenvalue weighted by molar-refractivity contribution is -0.156. The fourth-order valence-corrected chi connectivity index (χ4v) is 7.19. The molecule has 0 radical (unpaired) electrons. The first-order valence-electron chi connectivity index (χ1n) is 11.1. The van der Waals surface area contributed by atoms with Gasteiger partial charge in [0.15, 0.2) is 0 Å². The molecule has 1 N–H and O–H groups in total. The van der Waals surface area contributed by atoms with Crippen LogP contribution in [0.2, 0.25) is 0 Å². The van der Waals surface area contributed by atoms with E-state index in [4.69, 9.17) is 0 Å². The van der Waals surface area contributed by atoms with Crippen LogP contribution in [0, 0.1) is 5.92 Å². The second-order valence-electron chi connectivity index (χ2n) is 8.83. The first-order valence-corrected chi connectivity index (χ1v) is 12.6. The molecule has 164 valence electrons. The molecule has 0 bridgehead atoms. The number of aliphatic hydroxyl groups is 1. The molecule has 31 heavy (non-hydrogen) atoms. The Morgan fingerprint density at radius 2 is 1.65 bits per heavy atom. The maximum atomic E-state index is 13.5. The number of rotatable bonds is 4. The van der Waals surface area contributed by atoms with Crippen molar-refractivity contribution in [1.82, 2.24) is 4.90 Å². The second-order valence-corrected chi connectivity index (χ2v) is 10.7. The Balaban J connectivity index is 1.53. The van der Waals surface area contributed by atoms with Crippen LogP contribution in [0.5, 0.6) is 0 Å². The zero-order valence-electron chi connectivity index (χ0n) is 17.4. The molecule has 0 spiro atoms. The number of para-hydroxylation sites is 1. The Hall–Kier alpha value is -2.38. The Bertz CT molecular complexity index is 1070. The number of anilines is 1. The van der Waals surface area contributed by atoms with Crippen molar-refractivity contribution in [1.29, 1.82) is 0 Å². The number of fused-ring (bicyclic) bond motifs is 3.